The van der Waals surface area contributed by atoms with E-state index in [0.29, 0.717) is 5.56 Å². The number of anilines is 1. The van der Waals surface area contributed by atoms with E-state index in [9.17, 15) is 18.4 Å². The minimum atomic E-state index is -1.05. The number of hydrogen-bond acceptors (Lipinski definition) is 4. The Bertz CT molecular complexity index is 1120. The van der Waals surface area contributed by atoms with E-state index in [1.165, 1.54) is 6.07 Å². The molecule has 1 aliphatic heterocycles. The SMILES string of the molecule is O=C1C(Nc2ccc(F)c(F)c2)=C(c2ccccc2)C(=O)N1Cc1ccncc1. The van der Waals surface area contributed by atoms with E-state index in [0.717, 1.165) is 22.6 Å². The Morgan fingerprint density at radius 3 is 2.28 bits per heavy atom. The van der Waals surface area contributed by atoms with Gasteiger partial charge in [-0.05, 0) is 35.4 Å². The highest BCUT2D eigenvalue weighted by Gasteiger charge is 2.39. The Morgan fingerprint density at radius 2 is 1.59 bits per heavy atom. The molecule has 0 spiro atoms. The van der Waals surface area contributed by atoms with Crippen LogP contribution in [0.25, 0.3) is 5.57 Å². The van der Waals surface area contributed by atoms with Crippen molar-refractivity contribution in [2.24, 2.45) is 0 Å². The number of aromatic nitrogens is 1. The fourth-order valence-corrected chi connectivity index (χ4v) is 3.10. The molecule has 3 aromatic rings. The summed E-state index contributed by atoms with van der Waals surface area (Å²) in [6.45, 7) is 0.0689. The summed E-state index contributed by atoms with van der Waals surface area (Å²) in [5.41, 5.74) is 1.64. The van der Waals surface area contributed by atoms with E-state index < -0.39 is 23.4 Å². The molecule has 5 nitrogen and oxygen atoms in total. The molecule has 1 aromatic heterocycles. The van der Waals surface area contributed by atoms with Crippen molar-refractivity contribution in [1.82, 2.24) is 9.88 Å². The van der Waals surface area contributed by atoms with E-state index >= 15 is 0 Å². The molecular weight excluding hydrogens is 376 g/mol. The first kappa shape index (κ1) is 18.5. The molecule has 144 valence electrons. The molecule has 0 radical (unpaired) electrons. The third-order valence-electron chi connectivity index (χ3n) is 4.51. The van der Waals surface area contributed by atoms with Gasteiger partial charge in [-0.15, -0.1) is 0 Å². The van der Waals surface area contributed by atoms with Crippen LogP contribution in [-0.4, -0.2) is 21.7 Å². The fourth-order valence-electron chi connectivity index (χ4n) is 3.10. The first-order chi connectivity index (χ1) is 14.0. The highest BCUT2D eigenvalue weighted by atomic mass is 19.2. The normalized spacial score (nSPS) is 13.9. The molecular formula is C22H15F2N3O2. The van der Waals surface area contributed by atoms with Gasteiger partial charge in [-0.2, -0.15) is 0 Å². The fraction of sp³-hybridized carbons (Fsp3) is 0.0455. The van der Waals surface area contributed by atoms with E-state index in [1.54, 1.807) is 54.9 Å². The summed E-state index contributed by atoms with van der Waals surface area (Å²) in [5.74, 6) is -3.07. The van der Waals surface area contributed by atoms with Gasteiger partial charge in [0.1, 0.15) is 5.70 Å². The van der Waals surface area contributed by atoms with Crippen LogP contribution in [0.2, 0.25) is 0 Å². The number of rotatable bonds is 5. The van der Waals surface area contributed by atoms with Crippen molar-refractivity contribution in [3.05, 3.63) is 102 Å². The zero-order valence-electron chi connectivity index (χ0n) is 15.1. The zero-order valence-corrected chi connectivity index (χ0v) is 15.1. The molecule has 0 unspecified atom stereocenters. The number of nitrogens with zero attached hydrogens (tertiary/aromatic N) is 2. The van der Waals surface area contributed by atoms with Gasteiger partial charge in [0.05, 0.1) is 12.1 Å². The molecule has 0 aliphatic carbocycles. The predicted octanol–water partition coefficient (Wildman–Crippen LogP) is 3.75. The van der Waals surface area contributed by atoms with Crippen LogP contribution in [0.1, 0.15) is 11.1 Å². The summed E-state index contributed by atoms with van der Waals surface area (Å²) in [4.78, 5) is 31.2. The zero-order chi connectivity index (χ0) is 20.4. The van der Waals surface area contributed by atoms with Gasteiger partial charge < -0.3 is 5.32 Å². The summed E-state index contributed by atoms with van der Waals surface area (Å²) in [7, 11) is 0. The molecule has 29 heavy (non-hydrogen) atoms. The molecule has 7 heteroatoms. The second kappa shape index (κ2) is 7.63. The van der Waals surface area contributed by atoms with Crippen LogP contribution in [-0.2, 0) is 16.1 Å². The third-order valence-corrected chi connectivity index (χ3v) is 4.51. The maximum absolute atomic E-state index is 13.6. The number of amides is 2. The Morgan fingerprint density at radius 1 is 0.862 bits per heavy atom. The maximum Gasteiger partial charge on any atom is 0.278 e. The van der Waals surface area contributed by atoms with Gasteiger partial charge in [-0.3, -0.25) is 19.5 Å². The van der Waals surface area contributed by atoms with Gasteiger partial charge in [0.25, 0.3) is 11.8 Å². The lowest BCUT2D eigenvalue weighted by atomic mass is 10.0. The molecule has 1 aliphatic rings. The van der Waals surface area contributed by atoms with Gasteiger partial charge in [0.2, 0.25) is 0 Å². The highest BCUT2D eigenvalue weighted by molar-refractivity contribution is 6.36. The van der Waals surface area contributed by atoms with Crippen molar-refractivity contribution in [2.45, 2.75) is 6.54 Å². The molecule has 2 heterocycles. The maximum atomic E-state index is 13.6. The number of hydrogen-bond donors (Lipinski definition) is 1. The number of carbonyl (C=O) groups excluding carboxylic acids is 2. The number of pyridine rings is 1. The molecule has 1 N–H and O–H groups in total. The molecule has 2 amide bonds. The lowest BCUT2D eigenvalue weighted by Gasteiger charge is -2.15. The number of nitrogens with one attached hydrogen (secondary N) is 1. The second-order valence-corrected chi connectivity index (χ2v) is 6.42. The van der Waals surface area contributed by atoms with Crippen LogP contribution < -0.4 is 5.32 Å². The summed E-state index contributed by atoms with van der Waals surface area (Å²) in [6, 6.07) is 15.3. The van der Waals surface area contributed by atoms with Crippen LogP contribution in [0.15, 0.2) is 78.8 Å². The summed E-state index contributed by atoms with van der Waals surface area (Å²) in [5, 5.41) is 2.80. The lowest BCUT2D eigenvalue weighted by molar-refractivity contribution is -0.137. The number of carbonyl (C=O) groups is 2. The van der Waals surface area contributed by atoms with Crippen LogP contribution in [0.5, 0.6) is 0 Å². The molecule has 0 saturated carbocycles. The van der Waals surface area contributed by atoms with Crippen molar-refractivity contribution in [2.75, 3.05) is 5.32 Å². The quantitative estimate of drug-likeness (QED) is 0.673. The molecule has 0 fully saturated rings. The third kappa shape index (κ3) is 3.62. The Balaban J connectivity index is 1.74. The number of benzene rings is 2. The monoisotopic (exact) mass is 391 g/mol. The Labute approximate surface area is 165 Å². The smallest absolute Gasteiger partial charge is 0.278 e. The van der Waals surface area contributed by atoms with Crippen molar-refractivity contribution in [3.63, 3.8) is 0 Å². The van der Waals surface area contributed by atoms with Crippen LogP contribution in [0, 0.1) is 11.6 Å². The van der Waals surface area contributed by atoms with Crippen molar-refractivity contribution in [3.8, 4) is 0 Å². The van der Waals surface area contributed by atoms with Gasteiger partial charge in [0, 0.05) is 24.1 Å². The van der Waals surface area contributed by atoms with Crippen LogP contribution in [0.4, 0.5) is 14.5 Å². The minimum Gasteiger partial charge on any atom is -0.350 e. The van der Waals surface area contributed by atoms with E-state index in [2.05, 4.69) is 10.3 Å². The van der Waals surface area contributed by atoms with Gasteiger partial charge >= 0.3 is 0 Å². The predicted molar refractivity (Wildman–Crippen MR) is 103 cm³/mol. The average Bonchev–Trinajstić information content (AvgIpc) is 2.96. The topological polar surface area (TPSA) is 62.3 Å². The van der Waals surface area contributed by atoms with Crippen LogP contribution in [0.3, 0.4) is 0 Å². The van der Waals surface area contributed by atoms with E-state index in [1.807, 2.05) is 0 Å². The van der Waals surface area contributed by atoms with Crippen molar-refractivity contribution >= 4 is 23.1 Å². The number of imide groups is 1. The number of halogens is 2. The van der Waals surface area contributed by atoms with Gasteiger partial charge in [-0.25, -0.2) is 8.78 Å². The van der Waals surface area contributed by atoms with Crippen molar-refractivity contribution in [1.29, 1.82) is 0 Å². The Kier molecular flexibility index (Phi) is 4.87. The molecule has 2 aromatic carbocycles. The molecule has 0 atom stereocenters. The minimum absolute atomic E-state index is 0.0151. The molecule has 0 saturated heterocycles. The van der Waals surface area contributed by atoms with E-state index in [4.69, 9.17) is 0 Å². The first-order valence-electron chi connectivity index (χ1n) is 8.81. The Hall–Kier alpha value is -3.87. The van der Waals surface area contributed by atoms with Gasteiger partial charge in [0.15, 0.2) is 11.6 Å². The largest absolute Gasteiger partial charge is 0.350 e. The average molecular weight is 391 g/mol. The van der Waals surface area contributed by atoms with Crippen LogP contribution >= 0.6 is 0 Å². The summed E-state index contributed by atoms with van der Waals surface area (Å²) < 4.78 is 26.9. The second-order valence-electron chi connectivity index (χ2n) is 6.42. The van der Waals surface area contributed by atoms with Gasteiger partial charge in [-0.1, -0.05) is 30.3 Å². The lowest BCUT2D eigenvalue weighted by Crippen LogP contribution is -2.32. The molecule has 4 rings (SSSR count). The first-order valence-corrected chi connectivity index (χ1v) is 8.81. The van der Waals surface area contributed by atoms with Crippen molar-refractivity contribution < 1.29 is 18.4 Å². The summed E-state index contributed by atoms with van der Waals surface area (Å²) >= 11 is 0. The highest BCUT2D eigenvalue weighted by Crippen LogP contribution is 2.31. The van der Waals surface area contributed by atoms with E-state index in [-0.39, 0.29) is 23.5 Å². The summed E-state index contributed by atoms with van der Waals surface area (Å²) in [6.07, 6.45) is 3.15. The standard InChI is InChI=1S/C22H15F2N3O2/c23-17-7-6-16(12-18(17)24)26-20-19(15-4-2-1-3-5-15)21(28)27(22(20)29)13-14-8-10-25-11-9-14/h1-12,26H,13H2. The molecule has 0 bridgehead atoms.